The number of hydrogen-bond donors (Lipinski definition) is 2. The number of esters is 1. The number of nitrogens with zero attached hydrogens (tertiary/aromatic N) is 3. The lowest BCUT2D eigenvalue weighted by molar-refractivity contribution is -0.144. The van der Waals surface area contributed by atoms with E-state index in [-0.39, 0.29) is 24.7 Å². The van der Waals surface area contributed by atoms with Gasteiger partial charge in [0.15, 0.2) is 11.5 Å². The fraction of sp³-hybridized carbons (Fsp3) is 0.407. The van der Waals surface area contributed by atoms with E-state index in [0.29, 0.717) is 54.6 Å². The first-order chi connectivity index (χ1) is 18.9. The van der Waals surface area contributed by atoms with Gasteiger partial charge in [-0.15, -0.1) is 0 Å². The molecule has 2 amide bonds. The Bertz CT molecular complexity index is 1240. The molecule has 3 heterocycles. The Kier molecular flexibility index (Phi) is 7.94. The molecular weight excluding hydrogens is 506 g/mol. The molecule has 2 saturated heterocycles. The van der Waals surface area contributed by atoms with Crippen molar-refractivity contribution in [1.29, 1.82) is 5.41 Å². The molecule has 5 rings (SSSR count). The molecule has 2 aromatic rings. The Morgan fingerprint density at radius 3 is 2.44 bits per heavy atom. The third-order valence-electron chi connectivity index (χ3n) is 6.80. The maximum absolute atomic E-state index is 12.6. The molecule has 39 heavy (non-hydrogen) atoms. The van der Waals surface area contributed by atoms with E-state index in [0.717, 1.165) is 26.2 Å². The summed E-state index contributed by atoms with van der Waals surface area (Å²) in [6.07, 6.45) is -0.687. The van der Waals surface area contributed by atoms with Gasteiger partial charge in [-0.25, -0.2) is 4.79 Å². The van der Waals surface area contributed by atoms with E-state index in [1.807, 2.05) is 0 Å². The van der Waals surface area contributed by atoms with Gasteiger partial charge < -0.3 is 24.3 Å². The van der Waals surface area contributed by atoms with Gasteiger partial charge in [-0.3, -0.25) is 29.7 Å². The van der Waals surface area contributed by atoms with Crippen molar-refractivity contribution in [3.63, 3.8) is 0 Å². The predicted molar refractivity (Wildman–Crippen MR) is 140 cm³/mol. The van der Waals surface area contributed by atoms with Crippen LogP contribution in [-0.2, 0) is 14.3 Å². The van der Waals surface area contributed by atoms with Gasteiger partial charge in [-0.1, -0.05) is 0 Å². The van der Waals surface area contributed by atoms with Gasteiger partial charge in [-0.2, -0.15) is 0 Å². The summed E-state index contributed by atoms with van der Waals surface area (Å²) in [6, 6.07) is 11.7. The number of amides is 2. The van der Waals surface area contributed by atoms with Crippen molar-refractivity contribution in [3.8, 4) is 11.5 Å². The summed E-state index contributed by atoms with van der Waals surface area (Å²) in [5, 5.41) is 10.9. The van der Waals surface area contributed by atoms with Crippen LogP contribution in [0.25, 0.3) is 0 Å². The minimum atomic E-state index is -0.435. The summed E-state index contributed by atoms with van der Waals surface area (Å²) >= 11 is 0. The number of cyclic esters (lactones) is 1. The minimum absolute atomic E-state index is 0.0619. The summed E-state index contributed by atoms with van der Waals surface area (Å²) < 4.78 is 21.2. The number of anilines is 1. The number of benzene rings is 2. The lowest BCUT2D eigenvalue weighted by Crippen LogP contribution is -2.50. The van der Waals surface area contributed by atoms with Crippen LogP contribution in [0.5, 0.6) is 11.5 Å². The van der Waals surface area contributed by atoms with Crippen molar-refractivity contribution in [1.82, 2.24) is 15.1 Å². The van der Waals surface area contributed by atoms with Crippen LogP contribution in [0.2, 0.25) is 0 Å². The zero-order valence-corrected chi connectivity index (χ0v) is 21.7. The number of fused-ring (bicyclic) bond motifs is 1. The largest absolute Gasteiger partial charge is 0.465 e. The molecule has 3 aliphatic rings. The molecule has 0 aliphatic carbocycles. The van der Waals surface area contributed by atoms with Crippen molar-refractivity contribution in [2.45, 2.75) is 13.0 Å². The van der Waals surface area contributed by atoms with Crippen LogP contribution < -0.4 is 19.7 Å². The first-order valence-electron chi connectivity index (χ1n) is 12.9. The third kappa shape index (κ3) is 6.29. The zero-order valence-electron chi connectivity index (χ0n) is 21.7. The van der Waals surface area contributed by atoms with E-state index in [1.54, 1.807) is 54.3 Å². The summed E-state index contributed by atoms with van der Waals surface area (Å²) in [4.78, 5) is 42.7. The highest BCUT2D eigenvalue weighted by Gasteiger charge is 2.34. The van der Waals surface area contributed by atoms with Crippen LogP contribution in [0.15, 0.2) is 42.5 Å². The number of rotatable bonds is 8. The second-order valence-corrected chi connectivity index (χ2v) is 9.44. The number of ether oxygens (including phenoxy) is 4. The van der Waals surface area contributed by atoms with Crippen molar-refractivity contribution in [3.05, 3.63) is 53.6 Å². The number of piperazine rings is 1. The highest BCUT2D eigenvalue weighted by atomic mass is 16.7. The van der Waals surface area contributed by atoms with Gasteiger partial charge in [0.25, 0.3) is 5.91 Å². The van der Waals surface area contributed by atoms with E-state index in [4.69, 9.17) is 24.4 Å². The van der Waals surface area contributed by atoms with E-state index in [2.05, 4.69) is 15.1 Å². The number of carbonyl (C=O) groups excluding carboxylic acids is 3. The summed E-state index contributed by atoms with van der Waals surface area (Å²) in [6.45, 7) is 6.68. The quantitative estimate of drug-likeness (QED) is 0.293. The number of hydrogen-bond acceptors (Lipinski definition) is 10. The average Bonchev–Trinajstić information content (AvgIpc) is 3.55. The van der Waals surface area contributed by atoms with Gasteiger partial charge in [0.2, 0.25) is 6.79 Å². The summed E-state index contributed by atoms with van der Waals surface area (Å²) in [7, 11) is 0. The van der Waals surface area contributed by atoms with Crippen LogP contribution in [0.3, 0.4) is 0 Å². The molecule has 3 aliphatic heterocycles. The SMILES string of the molecule is CCOC(=O)CN1CCN(CC2CN(c3ccc(C(=N)NC(=O)c4ccc5c(c4)OCO5)cc3)C(=O)O2)CC1. The smallest absolute Gasteiger partial charge is 0.414 e. The van der Waals surface area contributed by atoms with E-state index in [1.165, 1.54) is 0 Å². The molecule has 12 heteroatoms. The molecule has 0 saturated carbocycles. The Morgan fingerprint density at radius 2 is 1.69 bits per heavy atom. The molecule has 0 bridgehead atoms. The van der Waals surface area contributed by atoms with Gasteiger partial charge >= 0.3 is 12.1 Å². The van der Waals surface area contributed by atoms with Crippen molar-refractivity contribution in [2.24, 2.45) is 0 Å². The lowest BCUT2D eigenvalue weighted by atomic mass is 10.1. The Labute approximate surface area is 225 Å². The fourth-order valence-corrected chi connectivity index (χ4v) is 4.74. The Morgan fingerprint density at radius 1 is 1.00 bits per heavy atom. The first-order valence-corrected chi connectivity index (χ1v) is 12.9. The molecule has 2 N–H and O–H groups in total. The molecular formula is C27H31N5O7. The topological polar surface area (TPSA) is 134 Å². The molecule has 0 spiro atoms. The first kappa shape index (κ1) is 26.4. The standard InChI is InChI=1S/C27H31N5O7/c1-2-36-24(33)16-31-11-9-30(10-12-31)14-21-15-32(27(35)39-21)20-6-3-18(4-7-20)25(28)29-26(34)19-5-8-22-23(13-19)38-17-37-22/h3-8,13,21H,2,9-12,14-17H2,1H3,(H2,28,29,34). The number of carbonyl (C=O) groups is 3. The van der Waals surface area contributed by atoms with Gasteiger partial charge in [-0.05, 0) is 49.4 Å². The summed E-state index contributed by atoms with van der Waals surface area (Å²) in [5.74, 6) is 0.363. The van der Waals surface area contributed by atoms with E-state index in [9.17, 15) is 14.4 Å². The van der Waals surface area contributed by atoms with E-state index >= 15 is 0 Å². The number of nitrogens with one attached hydrogen (secondary N) is 2. The highest BCUT2D eigenvalue weighted by Crippen LogP contribution is 2.32. The maximum atomic E-state index is 12.6. The molecule has 0 radical (unpaired) electrons. The van der Waals surface area contributed by atoms with Gasteiger partial charge in [0.1, 0.15) is 11.9 Å². The van der Waals surface area contributed by atoms with Crippen LogP contribution >= 0.6 is 0 Å². The van der Waals surface area contributed by atoms with Crippen molar-refractivity contribution in [2.75, 3.05) is 64.1 Å². The molecule has 0 aromatic heterocycles. The van der Waals surface area contributed by atoms with Crippen LogP contribution in [-0.4, -0.2) is 98.9 Å². The van der Waals surface area contributed by atoms with Gasteiger partial charge in [0.05, 0.1) is 19.7 Å². The Balaban J connectivity index is 1.10. The maximum Gasteiger partial charge on any atom is 0.414 e. The predicted octanol–water partition coefficient (Wildman–Crippen LogP) is 1.68. The van der Waals surface area contributed by atoms with E-state index < -0.39 is 12.0 Å². The van der Waals surface area contributed by atoms with Crippen molar-refractivity contribution >= 4 is 29.5 Å². The van der Waals surface area contributed by atoms with Gasteiger partial charge in [0, 0.05) is 49.5 Å². The number of amidine groups is 1. The zero-order chi connectivity index (χ0) is 27.4. The normalized spacial score (nSPS) is 19.1. The average molecular weight is 538 g/mol. The molecule has 2 fully saturated rings. The molecule has 206 valence electrons. The van der Waals surface area contributed by atoms with Crippen LogP contribution in [0.4, 0.5) is 10.5 Å². The van der Waals surface area contributed by atoms with Crippen LogP contribution in [0.1, 0.15) is 22.8 Å². The molecule has 1 atom stereocenters. The monoisotopic (exact) mass is 537 g/mol. The highest BCUT2D eigenvalue weighted by molar-refractivity contribution is 6.11. The van der Waals surface area contributed by atoms with Crippen molar-refractivity contribution < 1.29 is 33.3 Å². The molecule has 2 aromatic carbocycles. The lowest BCUT2D eigenvalue weighted by Gasteiger charge is -2.34. The minimum Gasteiger partial charge on any atom is -0.465 e. The fourth-order valence-electron chi connectivity index (χ4n) is 4.74. The second kappa shape index (κ2) is 11.7. The van der Waals surface area contributed by atoms with Crippen LogP contribution in [0, 0.1) is 5.41 Å². The molecule has 1 unspecified atom stereocenters. The summed E-state index contributed by atoms with van der Waals surface area (Å²) in [5.41, 5.74) is 1.50. The molecule has 12 nitrogen and oxygen atoms in total. The second-order valence-electron chi connectivity index (χ2n) is 9.44. The Hall–Kier alpha value is -4.16. The third-order valence-corrected chi connectivity index (χ3v) is 6.80.